The summed E-state index contributed by atoms with van der Waals surface area (Å²) in [5.41, 5.74) is 9.88. The van der Waals surface area contributed by atoms with Gasteiger partial charge in [0.2, 0.25) is 0 Å². The Bertz CT molecular complexity index is 590. The van der Waals surface area contributed by atoms with Gasteiger partial charge in [0.25, 0.3) is 0 Å². The average molecular weight is 262 g/mol. The molecule has 0 aliphatic heterocycles. The number of fused-ring (bicyclic) bond motifs is 1. The Morgan fingerprint density at radius 1 is 1.67 bits per heavy atom. The molecule has 0 bridgehead atoms. The largest absolute Gasteiger partial charge is 0.293 e. The number of halogens is 1. The normalized spacial score (nSPS) is 21.3. The molecule has 1 atom stereocenters. The van der Waals surface area contributed by atoms with Crippen LogP contribution in [-0.4, -0.2) is 11.3 Å². The van der Waals surface area contributed by atoms with Crippen molar-refractivity contribution in [1.82, 2.24) is 0 Å². The summed E-state index contributed by atoms with van der Waals surface area (Å²) < 4.78 is 0. The van der Waals surface area contributed by atoms with E-state index >= 15 is 0 Å². The predicted octanol–water partition coefficient (Wildman–Crippen LogP) is 4.09. The van der Waals surface area contributed by atoms with Crippen LogP contribution in [0.1, 0.15) is 29.3 Å². The molecule has 5 heteroatoms. The molecule has 1 aliphatic rings. The van der Waals surface area contributed by atoms with Crippen molar-refractivity contribution in [1.29, 1.82) is 0 Å². The maximum atomic E-state index is 12.4. The summed E-state index contributed by atoms with van der Waals surface area (Å²) in [6.45, 7) is 5.62. The average Bonchev–Trinajstić information content (AvgIpc) is 2.53. The van der Waals surface area contributed by atoms with Gasteiger partial charge in [-0.2, -0.15) is 0 Å². The summed E-state index contributed by atoms with van der Waals surface area (Å²) in [7, 11) is 0. The van der Waals surface area contributed by atoms with E-state index in [0.29, 0.717) is 23.4 Å². The minimum absolute atomic E-state index is 0.166. The highest BCUT2D eigenvalue weighted by Gasteiger charge is 2.44. The van der Waals surface area contributed by atoms with Gasteiger partial charge in [-0.05, 0) is 43.0 Å². The van der Waals surface area contributed by atoms with Crippen molar-refractivity contribution < 1.29 is 4.79 Å². The maximum absolute atomic E-state index is 12.4. The van der Waals surface area contributed by atoms with Crippen molar-refractivity contribution >= 4 is 17.4 Å². The fourth-order valence-corrected chi connectivity index (χ4v) is 2.58. The molecule has 1 aliphatic carbocycles. The maximum Gasteiger partial charge on any atom is 0.175 e. The van der Waals surface area contributed by atoms with Gasteiger partial charge in [0, 0.05) is 15.5 Å². The van der Waals surface area contributed by atoms with Crippen LogP contribution < -0.4 is 0 Å². The van der Waals surface area contributed by atoms with Crippen LogP contribution in [0.15, 0.2) is 35.5 Å². The van der Waals surface area contributed by atoms with Crippen LogP contribution in [0.3, 0.4) is 0 Å². The van der Waals surface area contributed by atoms with Crippen LogP contribution in [0.4, 0.5) is 0 Å². The van der Waals surface area contributed by atoms with E-state index in [9.17, 15) is 4.79 Å². The zero-order valence-corrected chi connectivity index (χ0v) is 10.7. The molecule has 18 heavy (non-hydrogen) atoms. The SMILES string of the molecule is C=C(C)C[C@@]1(N=[N+]=[N-])Cc2ccc(Cl)cc2C1=O. The summed E-state index contributed by atoms with van der Waals surface area (Å²) in [5, 5.41) is 4.26. The fraction of sp³-hybridized carbons (Fsp3) is 0.308. The molecule has 0 saturated carbocycles. The number of rotatable bonds is 3. The van der Waals surface area contributed by atoms with Crippen LogP contribution >= 0.6 is 11.6 Å². The number of carbonyl (C=O) groups excluding carboxylic acids is 1. The molecule has 0 N–H and O–H groups in total. The Kier molecular flexibility index (Phi) is 3.16. The summed E-state index contributed by atoms with van der Waals surface area (Å²) in [4.78, 5) is 15.3. The van der Waals surface area contributed by atoms with Crippen molar-refractivity contribution in [2.24, 2.45) is 5.11 Å². The first-order valence-electron chi connectivity index (χ1n) is 5.52. The lowest BCUT2D eigenvalue weighted by Gasteiger charge is -2.20. The van der Waals surface area contributed by atoms with Gasteiger partial charge >= 0.3 is 0 Å². The number of carbonyl (C=O) groups is 1. The molecule has 0 radical (unpaired) electrons. The van der Waals surface area contributed by atoms with E-state index in [-0.39, 0.29) is 5.78 Å². The van der Waals surface area contributed by atoms with Crippen LogP contribution in [-0.2, 0) is 6.42 Å². The predicted molar refractivity (Wildman–Crippen MR) is 70.8 cm³/mol. The monoisotopic (exact) mass is 261 g/mol. The first kappa shape index (κ1) is 12.7. The molecule has 1 aromatic carbocycles. The Morgan fingerprint density at radius 2 is 2.39 bits per heavy atom. The Labute approximate surface area is 110 Å². The molecule has 1 aromatic rings. The molecule has 0 spiro atoms. The second-order valence-corrected chi connectivity index (χ2v) is 5.10. The van der Waals surface area contributed by atoms with Crippen LogP contribution in [0, 0.1) is 0 Å². The summed E-state index contributed by atoms with van der Waals surface area (Å²) in [6.07, 6.45) is 0.775. The molecule has 4 nitrogen and oxygen atoms in total. The third-order valence-electron chi connectivity index (χ3n) is 3.05. The molecule has 0 unspecified atom stereocenters. The van der Waals surface area contributed by atoms with Gasteiger partial charge < -0.3 is 0 Å². The Morgan fingerprint density at radius 3 is 3.00 bits per heavy atom. The van der Waals surface area contributed by atoms with E-state index in [1.54, 1.807) is 12.1 Å². The number of hydrogen-bond acceptors (Lipinski definition) is 2. The Hall–Kier alpha value is -1.77. The third-order valence-corrected chi connectivity index (χ3v) is 3.29. The number of hydrogen-bond donors (Lipinski definition) is 0. The topological polar surface area (TPSA) is 65.8 Å². The number of azide groups is 1. The lowest BCUT2D eigenvalue weighted by atomic mass is 9.88. The van der Waals surface area contributed by atoms with Gasteiger partial charge in [0.05, 0.1) is 0 Å². The molecule has 0 heterocycles. The minimum Gasteiger partial charge on any atom is -0.293 e. The highest BCUT2D eigenvalue weighted by molar-refractivity contribution is 6.31. The van der Waals surface area contributed by atoms with E-state index in [0.717, 1.165) is 11.1 Å². The molecule has 0 fully saturated rings. The van der Waals surface area contributed by atoms with Crippen molar-refractivity contribution in [3.8, 4) is 0 Å². The van der Waals surface area contributed by atoms with Crippen LogP contribution in [0.2, 0.25) is 5.02 Å². The lowest BCUT2D eigenvalue weighted by Crippen LogP contribution is -2.33. The number of nitrogens with zero attached hydrogens (tertiary/aromatic N) is 3. The number of ketones is 1. The zero-order valence-electron chi connectivity index (χ0n) is 9.98. The second kappa shape index (κ2) is 4.48. The summed E-state index contributed by atoms with van der Waals surface area (Å²) in [5.74, 6) is -0.166. The molecule has 2 rings (SSSR count). The molecular formula is C13H12ClN3O. The zero-order chi connectivity index (χ0) is 13.3. The second-order valence-electron chi connectivity index (χ2n) is 4.66. The van der Waals surface area contributed by atoms with Gasteiger partial charge in [-0.25, -0.2) is 0 Å². The van der Waals surface area contributed by atoms with Crippen molar-refractivity contribution in [3.63, 3.8) is 0 Å². The van der Waals surface area contributed by atoms with Crippen LogP contribution in [0.5, 0.6) is 0 Å². The first-order chi connectivity index (χ1) is 8.48. The van der Waals surface area contributed by atoms with Crippen molar-refractivity contribution in [2.45, 2.75) is 25.3 Å². The quantitative estimate of drug-likeness (QED) is 0.350. The van der Waals surface area contributed by atoms with Gasteiger partial charge in [0.15, 0.2) is 5.78 Å². The van der Waals surface area contributed by atoms with Crippen LogP contribution in [0.25, 0.3) is 10.4 Å². The standard InChI is InChI=1S/C13H12ClN3O/c1-8(2)6-13(16-17-15)7-9-3-4-10(14)5-11(9)12(13)18/h3-5H,1,6-7H2,2H3/t13-/m1/s1. The van der Waals surface area contributed by atoms with Gasteiger partial charge in [-0.1, -0.05) is 28.4 Å². The van der Waals surface area contributed by atoms with E-state index < -0.39 is 5.54 Å². The minimum atomic E-state index is -1.06. The van der Waals surface area contributed by atoms with E-state index in [4.69, 9.17) is 17.1 Å². The third kappa shape index (κ3) is 2.01. The van der Waals surface area contributed by atoms with Gasteiger partial charge in [0.1, 0.15) is 5.54 Å². The molecular weight excluding hydrogens is 250 g/mol. The Balaban J connectivity index is 2.52. The number of Topliss-reactive ketones (excluding diaryl/α,β-unsaturated/α-hetero) is 1. The highest BCUT2D eigenvalue weighted by atomic mass is 35.5. The molecule has 0 amide bonds. The summed E-state index contributed by atoms with van der Waals surface area (Å²) >= 11 is 5.89. The summed E-state index contributed by atoms with van der Waals surface area (Å²) in [6, 6.07) is 5.18. The van der Waals surface area contributed by atoms with Crippen molar-refractivity contribution in [3.05, 3.63) is 56.9 Å². The smallest absolute Gasteiger partial charge is 0.175 e. The number of benzene rings is 1. The van der Waals surface area contributed by atoms with E-state index in [1.807, 2.05) is 13.0 Å². The molecule has 0 saturated heterocycles. The van der Waals surface area contributed by atoms with E-state index in [2.05, 4.69) is 16.6 Å². The lowest BCUT2D eigenvalue weighted by molar-refractivity contribution is 0.0907. The van der Waals surface area contributed by atoms with Crippen molar-refractivity contribution in [2.75, 3.05) is 0 Å². The highest BCUT2D eigenvalue weighted by Crippen LogP contribution is 2.38. The molecule has 0 aromatic heterocycles. The van der Waals surface area contributed by atoms with Gasteiger partial charge in [-0.3, -0.25) is 4.79 Å². The van der Waals surface area contributed by atoms with E-state index in [1.165, 1.54) is 0 Å². The fourth-order valence-electron chi connectivity index (χ4n) is 2.40. The first-order valence-corrected chi connectivity index (χ1v) is 5.90. The molecule has 92 valence electrons. The van der Waals surface area contributed by atoms with Gasteiger partial charge in [-0.15, -0.1) is 6.58 Å².